The quantitative estimate of drug-likeness (QED) is 0.0745. The molecule has 2 unspecified atom stereocenters. The number of ether oxygens (including phenoxy) is 2. The molecular weight excluding hydrogens is 967 g/mol. The molecule has 2 amide bonds. The van der Waals surface area contributed by atoms with E-state index in [1.807, 2.05) is 6.07 Å². The maximum Gasteiger partial charge on any atom is 0.262 e. The molecule has 2 aromatic carbocycles. The molecule has 9 rings (SSSR count). The second-order valence-corrected chi connectivity index (χ2v) is 22.4. The third kappa shape index (κ3) is 9.92. The third-order valence-corrected chi connectivity index (χ3v) is 16.7. The normalized spacial score (nSPS) is 28.4. The highest BCUT2D eigenvalue weighted by atomic mass is 32.5. The topological polar surface area (TPSA) is 241 Å². The van der Waals surface area contributed by atoms with Gasteiger partial charge < -0.3 is 43.0 Å². The van der Waals surface area contributed by atoms with Gasteiger partial charge in [-0.2, -0.15) is 5.26 Å². The maximum atomic E-state index is 17.2. The molecule has 3 aliphatic heterocycles. The smallest absolute Gasteiger partial charge is 0.262 e. The van der Waals surface area contributed by atoms with Crippen molar-refractivity contribution in [2.45, 2.75) is 62.1 Å². The van der Waals surface area contributed by atoms with Gasteiger partial charge >= 0.3 is 0 Å². The Morgan fingerprint density at radius 2 is 1.35 bits per heavy atom. The largest absolute Gasteiger partial charge is 0.349 e. The second-order valence-electron chi connectivity index (χ2n) is 15.3. The van der Waals surface area contributed by atoms with Crippen molar-refractivity contribution in [1.29, 1.82) is 5.26 Å². The number of fused-ring (bicyclic) bond motifs is 4. The van der Waals surface area contributed by atoms with Gasteiger partial charge in [0.25, 0.3) is 18.5 Å². The monoisotopic (exact) mass is 1010 g/mol. The first-order valence-corrected chi connectivity index (χ1v) is 26.4. The minimum absolute atomic E-state index is 0.0615. The van der Waals surface area contributed by atoms with Crippen LogP contribution in [0.4, 0.5) is 20.4 Å². The van der Waals surface area contributed by atoms with Gasteiger partial charge in [-0.15, -0.1) is 0 Å². The molecule has 4 aromatic heterocycles. The number of aromatic nitrogens is 8. The summed E-state index contributed by atoms with van der Waals surface area (Å²) in [7, 11) is 0. The Labute approximate surface area is 396 Å². The van der Waals surface area contributed by atoms with Crippen molar-refractivity contribution in [1.82, 2.24) is 44.1 Å². The van der Waals surface area contributed by atoms with Crippen LogP contribution in [0.1, 0.15) is 46.0 Å². The van der Waals surface area contributed by atoms with Gasteiger partial charge in [0.1, 0.15) is 37.6 Å². The van der Waals surface area contributed by atoms with Gasteiger partial charge in [-0.1, -0.05) is 36.4 Å². The van der Waals surface area contributed by atoms with Crippen molar-refractivity contribution in [2.75, 3.05) is 43.1 Å². The van der Waals surface area contributed by atoms with Crippen molar-refractivity contribution >= 4 is 82.5 Å². The summed E-state index contributed by atoms with van der Waals surface area (Å²) in [5, 5.41) is 17.9. The molecule has 3 fully saturated rings. The summed E-state index contributed by atoms with van der Waals surface area (Å²) in [5.41, 5.74) is 1.30. The number of hydrogen-bond acceptors (Lipinski definition) is 17. The number of carbonyl (C=O) groups excluding carboxylic acids is 2. The van der Waals surface area contributed by atoms with Crippen molar-refractivity contribution in [3.63, 3.8) is 0 Å². The molecule has 21 nitrogen and oxygen atoms in total. The Kier molecular flexibility index (Phi) is 14.3. The molecule has 6 aromatic rings. The molecule has 352 valence electrons. The van der Waals surface area contributed by atoms with Gasteiger partial charge in [-0.05, 0) is 54.3 Å². The predicted octanol–water partition coefficient (Wildman–Crippen LogP) is 5.81. The first-order chi connectivity index (χ1) is 33.0. The standard InChI is InChI=1S/C41H39F2N13O8P2S2/c1-45-15-17-60-66(68)52-19-27-33(29(43)41(62-27)56-23-51-31-35(47-21-49-37(31)56)54-39(58)25-11-6-3-7-12-25)63-65(67,59-16-8-14-44)18-13-26-32(64-66)28(42)40(61-26)55-22-50-30-34(46-20-48-36(30)55)53-38(57)24-9-4-2-5-10-24/h2-7,9-12,20-23,26-29,32-33,40-41H,8,13,15-19H2,(H,52,68)(H,46,48,53,57)(H,47,49,54,58)/t26-,27-,28-,29-,32-,33-,40-,41-,65?,66?/m1/s1. The zero-order chi connectivity index (χ0) is 47.4. The number of nitrogens with one attached hydrogen (secondary N) is 3. The van der Waals surface area contributed by atoms with Crippen molar-refractivity contribution in [3.05, 3.63) is 109 Å². The molecular formula is C41H39F2N13O8P2S2. The molecule has 10 atom stereocenters. The van der Waals surface area contributed by atoms with Crippen LogP contribution < -0.4 is 15.7 Å². The molecule has 0 radical (unpaired) electrons. The van der Waals surface area contributed by atoms with E-state index in [1.165, 1.54) is 34.4 Å². The number of anilines is 2. The number of halogens is 2. The van der Waals surface area contributed by atoms with Crippen LogP contribution in [0.3, 0.4) is 0 Å². The molecule has 7 heterocycles. The summed E-state index contributed by atoms with van der Waals surface area (Å²) in [5.74, 6) is -0.757. The average molecular weight is 1010 g/mol. The molecule has 3 aliphatic rings. The Morgan fingerprint density at radius 1 is 0.809 bits per heavy atom. The van der Waals surface area contributed by atoms with Crippen LogP contribution in [0.5, 0.6) is 0 Å². The lowest BCUT2D eigenvalue weighted by molar-refractivity contribution is -0.0250. The van der Waals surface area contributed by atoms with E-state index in [2.05, 4.69) is 50.5 Å². The van der Waals surface area contributed by atoms with Crippen LogP contribution >= 0.6 is 13.1 Å². The summed E-state index contributed by atoms with van der Waals surface area (Å²) in [4.78, 5) is 55.3. The molecule has 0 saturated carbocycles. The highest BCUT2D eigenvalue weighted by Gasteiger charge is 2.53. The van der Waals surface area contributed by atoms with E-state index < -0.39 is 74.2 Å². The van der Waals surface area contributed by atoms with Gasteiger partial charge in [0, 0.05) is 23.8 Å². The number of imidazole rings is 2. The average Bonchev–Trinajstić information content (AvgIpc) is 4.12. The first-order valence-electron chi connectivity index (χ1n) is 21.0. The van der Waals surface area contributed by atoms with Crippen molar-refractivity contribution < 1.29 is 45.9 Å². The van der Waals surface area contributed by atoms with Gasteiger partial charge in [-0.3, -0.25) is 18.7 Å². The molecule has 0 aliphatic carbocycles. The molecule has 3 saturated heterocycles. The van der Waals surface area contributed by atoms with E-state index in [-0.39, 0.29) is 79.3 Å². The minimum Gasteiger partial charge on any atom is -0.349 e. The SMILES string of the molecule is [C-]#[N+]CCOP1(=S)NC[C@H]2O[C@@H](n3cnc4c(NC(=O)c5ccccc5)ncnc43)[C@H](F)[C@@H]2OP(=S)(OCCC#N)CC[C@H]2O[C@@H](n3cnc4c(NC(=O)c5ccccc5)ncnc43)[C@H](F)[C@@H]2O1. The summed E-state index contributed by atoms with van der Waals surface area (Å²) in [6, 6.07) is 18.9. The fourth-order valence-corrected chi connectivity index (χ4v) is 12.8. The summed E-state index contributed by atoms with van der Waals surface area (Å²) in [6.07, 6.45) is -7.18. The van der Waals surface area contributed by atoms with Gasteiger partial charge in [0.2, 0.25) is 6.54 Å². The minimum atomic E-state index is -3.79. The molecule has 0 spiro atoms. The van der Waals surface area contributed by atoms with Crippen LogP contribution in [-0.2, 0) is 51.2 Å². The fraction of sp³-hybridized carbons (Fsp3) is 0.366. The van der Waals surface area contributed by atoms with E-state index in [4.69, 9.17) is 57.8 Å². The highest BCUT2D eigenvalue weighted by molar-refractivity contribution is 8.10. The molecule has 68 heavy (non-hydrogen) atoms. The number of nitrogens with zero attached hydrogens (tertiary/aromatic N) is 10. The van der Waals surface area contributed by atoms with E-state index in [0.29, 0.717) is 11.1 Å². The number of rotatable bonds is 12. The van der Waals surface area contributed by atoms with Crippen LogP contribution in [-0.4, -0.2) is 120 Å². The summed E-state index contributed by atoms with van der Waals surface area (Å²) < 4.78 is 75.0. The Hall–Kier alpha value is -5.66. The summed E-state index contributed by atoms with van der Waals surface area (Å²) >= 11 is 12.0. The van der Waals surface area contributed by atoms with Gasteiger partial charge in [-0.25, -0.2) is 50.3 Å². The lowest BCUT2D eigenvalue weighted by Crippen LogP contribution is -2.40. The fourth-order valence-electron chi connectivity index (χ4n) is 7.81. The zero-order valence-corrected chi connectivity index (χ0v) is 38.8. The lowest BCUT2D eigenvalue weighted by Gasteiger charge is -2.33. The number of carbonyl (C=O) groups is 2. The van der Waals surface area contributed by atoms with Gasteiger partial charge in [0.05, 0.1) is 37.9 Å². The van der Waals surface area contributed by atoms with E-state index >= 15 is 8.78 Å². The first kappa shape index (κ1) is 47.4. The van der Waals surface area contributed by atoms with Crippen molar-refractivity contribution in [2.24, 2.45) is 0 Å². The third-order valence-electron chi connectivity index (χ3n) is 11.0. The van der Waals surface area contributed by atoms with Gasteiger partial charge in [0.15, 0.2) is 65.3 Å². The van der Waals surface area contributed by atoms with Crippen LogP contribution in [0, 0.1) is 17.9 Å². The lowest BCUT2D eigenvalue weighted by atomic mass is 10.1. The number of amides is 2. The maximum absolute atomic E-state index is 17.2. The van der Waals surface area contributed by atoms with Crippen molar-refractivity contribution in [3.8, 4) is 6.07 Å². The predicted molar refractivity (Wildman–Crippen MR) is 246 cm³/mol. The Balaban J connectivity index is 1.01. The van der Waals surface area contributed by atoms with Crippen LogP contribution in [0.25, 0.3) is 27.2 Å². The van der Waals surface area contributed by atoms with E-state index in [1.54, 1.807) is 60.7 Å². The Bertz CT molecular complexity index is 2800. The van der Waals surface area contributed by atoms with E-state index in [0.717, 1.165) is 0 Å². The Morgan fingerprint density at radius 3 is 1.90 bits per heavy atom. The molecule has 0 bridgehead atoms. The summed E-state index contributed by atoms with van der Waals surface area (Å²) in [6.45, 7) is -0.767. The van der Waals surface area contributed by atoms with E-state index in [9.17, 15) is 14.9 Å². The molecule has 3 N–H and O–H groups in total. The number of nitriles is 1. The zero-order valence-electron chi connectivity index (χ0n) is 35.4. The van der Waals surface area contributed by atoms with Crippen LogP contribution in [0.2, 0.25) is 0 Å². The van der Waals surface area contributed by atoms with Crippen LogP contribution in [0.15, 0.2) is 86.0 Å². The molecule has 27 heteroatoms. The number of alkyl halides is 2. The second kappa shape index (κ2) is 20.5. The number of benzene rings is 2. The highest BCUT2D eigenvalue weighted by Crippen LogP contribution is 2.57. The number of hydrogen-bond donors (Lipinski definition) is 3.